The van der Waals surface area contributed by atoms with Crippen molar-refractivity contribution in [2.75, 3.05) is 0 Å². The molecule has 6 heteroatoms. The van der Waals surface area contributed by atoms with E-state index in [4.69, 9.17) is 5.11 Å². The third-order valence-electron chi connectivity index (χ3n) is 2.64. The third kappa shape index (κ3) is 3.17. The quantitative estimate of drug-likeness (QED) is 0.891. The Labute approximate surface area is 114 Å². The van der Waals surface area contributed by atoms with Crippen LogP contribution in [0.4, 0.5) is 4.39 Å². The van der Waals surface area contributed by atoms with E-state index in [0.717, 1.165) is 6.20 Å². The Morgan fingerprint density at radius 3 is 2.55 bits per heavy atom. The fraction of sp³-hybridized carbons (Fsp3) is 0.0714. The van der Waals surface area contributed by atoms with Crippen molar-refractivity contribution >= 4 is 11.9 Å². The minimum absolute atomic E-state index is 0.00402. The van der Waals surface area contributed by atoms with Crippen LogP contribution in [0.3, 0.4) is 0 Å². The molecule has 0 saturated heterocycles. The van der Waals surface area contributed by atoms with E-state index in [1.807, 2.05) is 0 Å². The number of carboxylic acid groups (broad SMARTS) is 1. The van der Waals surface area contributed by atoms with E-state index in [-0.39, 0.29) is 17.8 Å². The van der Waals surface area contributed by atoms with Gasteiger partial charge in [-0.15, -0.1) is 0 Å². The van der Waals surface area contributed by atoms with Crippen LogP contribution in [0, 0.1) is 5.82 Å². The zero-order valence-corrected chi connectivity index (χ0v) is 10.3. The van der Waals surface area contributed by atoms with E-state index >= 15 is 0 Å². The minimum Gasteiger partial charge on any atom is -0.478 e. The number of carbonyl (C=O) groups excluding carboxylic acids is 1. The molecule has 0 atom stereocenters. The number of rotatable bonds is 4. The molecule has 0 aliphatic rings. The number of hydrogen-bond acceptors (Lipinski definition) is 3. The Morgan fingerprint density at radius 1 is 1.20 bits per heavy atom. The number of amides is 1. The highest BCUT2D eigenvalue weighted by molar-refractivity contribution is 5.93. The summed E-state index contributed by atoms with van der Waals surface area (Å²) in [5, 5.41) is 11.2. The summed E-state index contributed by atoms with van der Waals surface area (Å²) >= 11 is 0. The van der Waals surface area contributed by atoms with Crippen LogP contribution >= 0.6 is 0 Å². The summed E-state index contributed by atoms with van der Waals surface area (Å²) in [5.74, 6) is -2.01. The van der Waals surface area contributed by atoms with Gasteiger partial charge in [0.05, 0.1) is 5.56 Å². The fourth-order valence-electron chi connectivity index (χ4n) is 1.56. The monoisotopic (exact) mass is 274 g/mol. The maximum Gasteiger partial charge on any atom is 0.337 e. The molecule has 2 N–H and O–H groups in total. The second-order valence-electron chi connectivity index (χ2n) is 4.01. The summed E-state index contributed by atoms with van der Waals surface area (Å²) in [5.41, 5.74) is 0.435. The van der Waals surface area contributed by atoms with Gasteiger partial charge in [0.2, 0.25) is 0 Å². The molecule has 1 heterocycles. The molecule has 1 aromatic carbocycles. The molecule has 0 fully saturated rings. The fourth-order valence-corrected chi connectivity index (χ4v) is 1.56. The first-order valence-electron chi connectivity index (χ1n) is 5.79. The summed E-state index contributed by atoms with van der Waals surface area (Å²) in [4.78, 5) is 26.2. The van der Waals surface area contributed by atoms with Crippen molar-refractivity contribution in [3.8, 4) is 0 Å². The molecule has 1 aromatic heterocycles. The average Bonchev–Trinajstić information content (AvgIpc) is 2.46. The summed E-state index contributed by atoms with van der Waals surface area (Å²) < 4.78 is 13.4. The number of aromatic carboxylic acids is 1. The second kappa shape index (κ2) is 5.92. The number of pyridine rings is 1. The maximum atomic E-state index is 13.4. The molecular weight excluding hydrogens is 263 g/mol. The summed E-state index contributed by atoms with van der Waals surface area (Å²) in [6, 6.07) is 8.70. The van der Waals surface area contributed by atoms with Gasteiger partial charge in [-0.05, 0) is 18.2 Å². The van der Waals surface area contributed by atoms with Crippen LogP contribution in [-0.4, -0.2) is 22.0 Å². The lowest BCUT2D eigenvalue weighted by Crippen LogP contribution is -2.24. The van der Waals surface area contributed by atoms with Gasteiger partial charge in [-0.3, -0.25) is 9.78 Å². The number of hydrogen-bond donors (Lipinski definition) is 2. The molecule has 5 nitrogen and oxygen atoms in total. The molecule has 0 unspecified atom stereocenters. The Hall–Kier alpha value is -2.76. The normalized spacial score (nSPS) is 10.1. The highest BCUT2D eigenvalue weighted by Crippen LogP contribution is 2.06. The van der Waals surface area contributed by atoms with Crippen molar-refractivity contribution in [1.29, 1.82) is 0 Å². The van der Waals surface area contributed by atoms with Crippen LogP contribution in [0.2, 0.25) is 0 Å². The van der Waals surface area contributed by atoms with Crippen molar-refractivity contribution in [2.24, 2.45) is 0 Å². The van der Waals surface area contributed by atoms with Gasteiger partial charge in [0.15, 0.2) is 0 Å². The first-order chi connectivity index (χ1) is 9.58. The van der Waals surface area contributed by atoms with Gasteiger partial charge in [-0.2, -0.15) is 0 Å². The number of carboxylic acids is 1. The zero-order chi connectivity index (χ0) is 14.5. The topological polar surface area (TPSA) is 79.3 Å². The molecule has 0 aliphatic carbocycles. The molecular formula is C14H11FN2O3. The summed E-state index contributed by atoms with van der Waals surface area (Å²) in [7, 11) is 0. The molecule has 102 valence electrons. The third-order valence-corrected chi connectivity index (χ3v) is 2.64. The Kier molecular flexibility index (Phi) is 4.05. The van der Waals surface area contributed by atoms with Gasteiger partial charge in [0.1, 0.15) is 11.5 Å². The number of carbonyl (C=O) groups is 2. The minimum atomic E-state index is -1.11. The largest absolute Gasteiger partial charge is 0.478 e. The summed E-state index contributed by atoms with van der Waals surface area (Å²) in [6.07, 6.45) is 1.10. The van der Waals surface area contributed by atoms with E-state index in [0.29, 0.717) is 5.56 Å². The van der Waals surface area contributed by atoms with E-state index < -0.39 is 17.7 Å². The van der Waals surface area contributed by atoms with Gasteiger partial charge >= 0.3 is 5.97 Å². The number of aromatic nitrogens is 1. The smallest absolute Gasteiger partial charge is 0.337 e. The summed E-state index contributed by atoms with van der Waals surface area (Å²) in [6.45, 7) is 0.0356. The van der Waals surface area contributed by atoms with Crippen LogP contribution in [0.25, 0.3) is 0 Å². The molecule has 1 amide bonds. The van der Waals surface area contributed by atoms with Gasteiger partial charge < -0.3 is 10.4 Å². The molecule has 2 rings (SSSR count). The molecule has 20 heavy (non-hydrogen) atoms. The van der Waals surface area contributed by atoms with Gasteiger partial charge in [0.25, 0.3) is 5.91 Å². The lowest BCUT2D eigenvalue weighted by atomic mass is 10.2. The highest BCUT2D eigenvalue weighted by atomic mass is 19.1. The van der Waals surface area contributed by atoms with Crippen molar-refractivity contribution < 1.29 is 19.1 Å². The van der Waals surface area contributed by atoms with Crippen LogP contribution in [-0.2, 0) is 6.54 Å². The first kappa shape index (κ1) is 13.7. The molecule has 2 aromatic rings. The molecule has 0 saturated carbocycles. The Balaban J connectivity index is 2.02. The van der Waals surface area contributed by atoms with E-state index in [1.54, 1.807) is 18.2 Å². The Morgan fingerprint density at radius 2 is 1.95 bits per heavy atom. The van der Waals surface area contributed by atoms with Crippen molar-refractivity contribution in [2.45, 2.75) is 6.54 Å². The molecule has 0 spiro atoms. The van der Waals surface area contributed by atoms with Crippen LogP contribution in [0.1, 0.15) is 26.4 Å². The predicted molar refractivity (Wildman–Crippen MR) is 68.8 cm³/mol. The molecule has 0 radical (unpaired) electrons. The van der Waals surface area contributed by atoms with Crippen molar-refractivity contribution in [1.82, 2.24) is 10.3 Å². The lowest BCUT2D eigenvalue weighted by molar-refractivity contribution is 0.0695. The first-order valence-corrected chi connectivity index (χ1v) is 5.79. The zero-order valence-electron chi connectivity index (χ0n) is 10.3. The number of benzene rings is 1. The molecule has 0 bridgehead atoms. The van der Waals surface area contributed by atoms with Gasteiger partial charge in [-0.1, -0.05) is 18.2 Å². The van der Waals surface area contributed by atoms with Crippen molar-refractivity contribution in [3.05, 3.63) is 65.2 Å². The van der Waals surface area contributed by atoms with Crippen LogP contribution in [0.5, 0.6) is 0 Å². The van der Waals surface area contributed by atoms with E-state index in [9.17, 15) is 14.0 Å². The highest BCUT2D eigenvalue weighted by Gasteiger charge is 2.10. The second-order valence-corrected chi connectivity index (χ2v) is 4.01. The Bertz CT molecular complexity index is 641. The van der Waals surface area contributed by atoms with Crippen molar-refractivity contribution in [3.63, 3.8) is 0 Å². The van der Waals surface area contributed by atoms with E-state index in [2.05, 4.69) is 10.3 Å². The van der Waals surface area contributed by atoms with Gasteiger partial charge in [-0.25, -0.2) is 9.18 Å². The standard InChI is InChI=1S/C14H11FN2O3/c15-11-4-2-1-3-9(11)7-17-13(18)12-6-5-10(8-16-12)14(19)20/h1-6,8H,7H2,(H,17,18)(H,19,20). The van der Waals surface area contributed by atoms with Crippen LogP contribution in [0.15, 0.2) is 42.6 Å². The van der Waals surface area contributed by atoms with Crippen LogP contribution < -0.4 is 5.32 Å². The maximum absolute atomic E-state index is 13.4. The van der Waals surface area contributed by atoms with Gasteiger partial charge in [0, 0.05) is 18.3 Å². The van der Waals surface area contributed by atoms with E-state index in [1.165, 1.54) is 18.2 Å². The predicted octanol–water partition coefficient (Wildman–Crippen LogP) is 1.85. The lowest BCUT2D eigenvalue weighted by Gasteiger charge is -2.06. The number of nitrogens with one attached hydrogen (secondary N) is 1. The molecule has 0 aliphatic heterocycles. The number of nitrogens with zero attached hydrogens (tertiary/aromatic N) is 1. The average molecular weight is 274 g/mol. The number of halogens is 1. The SMILES string of the molecule is O=C(O)c1ccc(C(=O)NCc2ccccc2F)nc1.